The molecule has 0 bridgehead atoms. The lowest BCUT2D eigenvalue weighted by atomic mass is 10.1. The van der Waals surface area contributed by atoms with Gasteiger partial charge in [0.05, 0.1) is 7.11 Å². The Hall–Kier alpha value is -3.13. The molecule has 0 atom stereocenters. The van der Waals surface area contributed by atoms with Crippen molar-refractivity contribution < 1.29 is 13.9 Å². The zero-order valence-corrected chi connectivity index (χ0v) is 19.6. The molecule has 2 aromatic carbocycles. The molecule has 0 saturated heterocycles. The standard InChI is InChI=1S/C25H29FN4O2S/c1-3-16-30-23(28-29-25(30)33-18-19-12-14-21(26)15-13-19)10-6-7-11-24(31)27-17-20-8-4-5-9-22(20)32-2/h3-5,8-9,12-15H,1,6-7,10-11,16-18H2,2H3,(H,27,31). The monoisotopic (exact) mass is 468 g/mol. The molecule has 0 aliphatic rings. The topological polar surface area (TPSA) is 69.0 Å². The Bertz CT molecular complexity index is 1050. The number of benzene rings is 2. The number of thioether (sulfide) groups is 1. The van der Waals surface area contributed by atoms with E-state index in [2.05, 4.69) is 22.1 Å². The molecule has 1 N–H and O–H groups in total. The van der Waals surface area contributed by atoms with Crippen molar-refractivity contribution >= 4 is 17.7 Å². The van der Waals surface area contributed by atoms with Crippen LogP contribution in [-0.2, 0) is 30.1 Å². The predicted molar refractivity (Wildman–Crippen MR) is 129 cm³/mol. The van der Waals surface area contributed by atoms with Gasteiger partial charge < -0.3 is 14.6 Å². The number of para-hydroxylation sites is 1. The van der Waals surface area contributed by atoms with E-state index in [9.17, 15) is 9.18 Å². The molecule has 0 fully saturated rings. The van der Waals surface area contributed by atoms with Crippen LogP contribution in [0, 0.1) is 5.82 Å². The minimum Gasteiger partial charge on any atom is -0.496 e. The quantitative estimate of drug-likeness (QED) is 0.219. The molecule has 1 heterocycles. The van der Waals surface area contributed by atoms with E-state index in [0.29, 0.717) is 25.3 Å². The summed E-state index contributed by atoms with van der Waals surface area (Å²) in [6.07, 6.45) is 4.60. The Balaban J connectivity index is 1.45. The molecule has 1 amide bonds. The van der Waals surface area contributed by atoms with E-state index in [1.165, 1.54) is 12.1 Å². The number of ether oxygens (including phenoxy) is 1. The third kappa shape index (κ3) is 7.46. The first-order valence-corrected chi connectivity index (χ1v) is 11.9. The maximum atomic E-state index is 13.1. The molecule has 3 rings (SSSR count). The summed E-state index contributed by atoms with van der Waals surface area (Å²) in [6, 6.07) is 14.1. The summed E-state index contributed by atoms with van der Waals surface area (Å²) < 4.78 is 20.5. The predicted octanol–water partition coefficient (Wildman–Crippen LogP) is 4.93. The summed E-state index contributed by atoms with van der Waals surface area (Å²) in [6.45, 7) is 4.90. The number of allylic oxidation sites excluding steroid dienone is 1. The molecule has 0 aliphatic heterocycles. The maximum absolute atomic E-state index is 13.1. The lowest BCUT2D eigenvalue weighted by molar-refractivity contribution is -0.121. The number of carbonyl (C=O) groups excluding carboxylic acids is 1. The van der Waals surface area contributed by atoms with E-state index in [0.717, 1.165) is 47.1 Å². The number of hydrogen-bond donors (Lipinski definition) is 1. The second kappa shape index (κ2) is 12.8. The van der Waals surface area contributed by atoms with Crippen molar-refractivity contribution in [3.8, 4) is 5.75 Å². The fourth-order valence-electron chi connectivity index (χ4n) is 3.35. The number of hydrogen-bond acceptors (Lipinski definition) is 5. The molecule has 6 nitrogen and oxygen atoms in total. The first kappa shape index (κ1) is 24.5. The minimum atomic E-state index is -0.241. The van der Waals surface area contributed by atoms with Crippen molar-refractivity contribution in [3.05, 3.63) is 84.0 Å². The van der Waals surface area contributed by atoms with Gasteiger partial charge in [-0.3, -0.25) is 4.79 Å². The Labute approximate surface area is 198 Å². The molecule has 0 radical (unpaired) electrons. The highest BCUT2D eigenvalue weighted by Gasteiger charge is 2.12. The Morgan fingerprint density at radius 2 is 1.97 bits per heavy atom. The lowest BCUT2D eigenvalue weighted by Gasteiger charge is -2.10. The number of rotatable bonds is 13. The van der Waals surface area contributed by atoms with Gasteiger partial charge >= 0.3 is 0 Å². The van der Waals surface area contributed by atoms with Gasteiger partial charge in [0.25, 0.3) is 0 Å². The van der Waals surface area contributed by atoms with Crippen LogP contribution < -0.4 is 10.1 Å². The Morgan fingerprint density at radius 3 is 2.73 bits per heavy atom. The average molecular weight is 469 g/mol. The smallest absolute Gasteiger partial charge is 0.220 e. The maximum Gasteiger partial charge on any atom is 0.220 e. The van der Waals surface area contributed by atoms with Crippen LogP contribution in [0.25, 0.3) is 0 Å². The minimum absolute atomic E-state index is 0.0176. The van der Waals surface area contributed by atoms with Crippen LogP contribution in [0.3, 0.4) is 0 Å². The number of nitrogens with one attached hydrogen (secondary N) is 1. The van der Waals surface area contributed by atoms with E-state index < -0.39 is 0 Å². The summed E-state index contributed by atoms with van der Waals surface area (Å²) in [5.41, 5.74) is 1.98. The van der Waals surface area contributed by atoms with Crippen LogP contribution in [0.1, 0.15) is 36.2 Å². The van der Waals surface area contributed by atoms with Crippen molar-refractivity contribution in [2.24, 2.45) is 0 Å². The first-order valence-electron chi connectivity index (χ1n) is 10.9. The normalized spacial score (nSPS) is 10.7. The van der Waals surface area contributed by atoms with Gasteiger partial charge in [-0.1, -0.05) is 48.2 Å². The van der Waals surface area contributed by atoms with Crippen LogP contribution in [0.4, 0.5) is 4.39 Å². The average Bonchev–Trinajstić information content (AvgIpc) is 3.22. The van der Waals surface area contributed by atoms with Gasteiger partial charge in [0, 0.05) is 37.2 Å². The Kier molecular flexibility index (Phi) is 9.50. The molecule has 8 heteroatoms. The molecule has 3 aromatic rings. The van der Waals surface area contributed by atoms with E-state index >= 15 is 0 Å². The SMILES string of the molecule is C=CCn1c(CCCCC(=O)NCc2ccccc2OC)nnc1SCc1ccc(F)cc1. The molecule has 0 spiro atoms. The highest BCUT2D eigenvalue weighted by Crippen LogP contribution is 2.23. The number of halogens is 1. The largest absolute Gasteiger partial charge is 0.496 e. The van der Waals surface area contributed by atoms with Gasteiger partial charge in [-0.2, -0.15) is 0 Å². The van der Waals surface area contributed by atoms with E-state index in [1.54, 1.807) is 31.0 Å². The second-order valence-electron chi connectivity index (χ2n) is 7.51. The lowest BCUT2D eigenvalue weighted by Crippen LogP contribution is -2.22. The number of amides is 1. The summed E-state index contributed by atoms with van der Waals surface area (Å²) in [5.74, 6) is 2.11. The van der Waals surface area contributed by atoms with Gasteiger partial charge in [0.1, 0.15) is 17.4 Å². The fourth-order valence-corrected chi connectivity index (χ4v) is 4.27. The summed E-state index contributed by atoms with van der Waals surface area (Å²) in [4.78, 5) is 12.2. The number of aromatic nitrogens is 3. The van der Waals surface area contributed by atoms with Crippen LogP contribution in [-0.4, -0.2) is 27.8 Å². The third-order valence-corrected chi connectivity index (χ3v) is 6.15. The van der Waals surface area contributed by atoms with Crippen molar-refractivity contribution in [2.45, 2.75) is 49.7 Å². The molecular weight excluding hydrogens is 439 g/mol. The summed E-state index contributed by atoms with van der Waals surface area (Å²) >= 11 is 1.56. The fraction of sp³-hybridized carbons (Fsp3) is 0.320. The van der Waals surface area contributed by atoms with Crippen LogP contribution in [0.5, 0.6) is 5.75 Å². The van der Waals surface area contributed by atoms with Gasteiger partial charge in [-0.05, 0) is 36.6 Å². The van der Waals surface area contributed by atoms with Crippen molar-refractivity contribution in [1.29, 1.82) is 0 Å². The number of methoxy groups -OCH3 is 1. The molecular formula is C25H29FN4O2S. The summed E-state index contributed by atoms with van der Waals surface area (Å²) in [7, 11) is 1.62. The zero-order valence-electron chi connectivity index (χ0n) is 18.8. The number of nitrogens with zero attached hydrogens (tertiary/aromatic N) is 3. The first-order chi connectivity index (χ1) is 16.1. The van der Waals surface area contributed by atoms with Crippen LogP contribution in [0.2, 0.25) is 0 Å². The third-order valence-electron chi connectivity index (χ3n) is 5.11. The molecule has 0 saturated carbocycles. The molecule has 174 valence electrons. The highest BCUT2D eigenvalue weighted by molar-refractivity contribution is 7.98. The van der Waals surface area contributed by atoms with Gasteiger partial charge in [-0.25, -0.2) is 4.39 Å². The van der Waals surface area contributed by atoms with E-state index in [-0.39, 0.29) is 11.7 Å². The van der Waals surface area contributed by atoms with Crippen molar-refractivity contribution in [1.82, 2.24) is 20.1 Å². The van der Waals surface area contributed by atoms with Gasteiger partial charge in [0.15, 0.2) is 5.16 Å². The number of aryl methyl sites for hydroxylation is 1. The number of carbonyl (C=O) groups is 1. The number of unbranched alkanes of at least 4 members (excludes halogenated alkanes) is 1. The van der Waals surface area contributed by atoms with E-state index in [4.69, 9.17) is 4.74 Å². The highest BCUT2D eigenvalue weighted by atomic mass is 32.2. The van der Waals surface area contributed by atoms with Gasteiger partial charge in [-0.15, -0.1) is 16.8 Å². The molecule has 0 aliphatic carbocycles. The summed E-state index contributed by atoms with van der Waals surface area (Å²) in [5, 5.41) is 12.4. The molecule has 1 aromatic heterocycles. The van der Waals surface area contributed by atoms with Crippen LogP contribution in [0.15, 0.2) is 66.3 Å². The second-order valence-corrected chi connectivity index (χ2v) is 8.45. The zero-order chi connectivity index (χ0) is 23.5. The van der Waals surface area contributed by atoms with Gasteiger partial charge in [0.2, 0.25) is 5.91 Å². The van der Waals surface area contributed by atoms with Crippen LogP contribution >= 0.6 is 11.8 Å². The Morgan fingerprint density at radius 1 is 1.18 bits per heavy atom. The molecule has 0 unspecified atom stereocenters. The van der Waals surface area contributed by atoms with E-state index in [1.807, 2.05) is 34.9 Å². The van der Waals surface area contributed by atoms with Crippen molar-refractivity contribution in [2.75, 3.05) is 7.11 Å². The molecule has 33 heavy (non-hydrogen) atoms. The van der Waals surface area contributed by atoms with Crippen molar-refractivity contribution in [3.63, 3.8) is 0 Å².